The number of benzene rings is 1. The number of aryl methyl sites for hydroxylation is 1. The molecule has 3 aliphatic rings. The van der Waals surface area contributed by atoms with Crippen LogP contribution in [0.15, 0.2) is 18.2 Å². The van der Waals surface area contributed by atoms with Crippen molar-refractivity contribution in [1.82, 2.24) is 5.32 Å². The first-order chi connectivity index (χ1) is 12.7. The fourth-order valence-corrected chi connectivity index (χ4v) is 4.92. The van der Waals surface area contributed by atoms with E-state index in [1.807, 2.05) is 6.92 Å². The second-order valence-electron chi connectivity index (χ2n) is 8.32. The molecule has 2 fully saturated rings. The molecule has 0 bridgehead atoms. The van der Waals surface area contributed by atoms with Crippen molar-refractivity contribution in [3.05, 3.63) is 29.3 Å². The van der Waals surface area contributed by atoms with Gasteiger partial charge in [0.05, 0.1) is 13.0 Å². The van der Waals surface area contributed by atoms with E-state index < -0.39 is 0 Å². The Kier molecular flexibility index (Phi) is 5.21. The van der Waals surface area contributed by atoms with Gasteiger partial charge in [0, 0.05) is 0 Å². The van der Waals surface area contributed by atoms with Crippen LogP contribution in [0, 0.1) is 17.8 Å². The summed E-state index contributed by atoms with van der Waals surface area (Å²) in [7, 11) is 1.49. The van der Waals surface area contributed by atoms with Gasteiger partial charge in [0.15, 0.2) is 0 Å². The Morgan fingerprint density at radius 1 is 1.19 bits per heavy atom. The first-order valence-electron chi connectivity index (χ1n) is 10.3. The molecule has 26 heavy (non-hydrogen) atoms. The van der Waals surface area contributed by atoms with Gasteiger partial charge in [-0.2, -0.15) is 0 Å². The van der Waals surface area contributed by atoms with Crippen molar-refractivity contribution in [1.29, 1.82) is 0 Å². The lowest BCUT2D eigenvalue weighted by atomic mass is 9.82. The smallest absolute Gasteiger partial charge is 0.309 e. The van der Waals surface area contributed by atoms with Crippen LogP contribution in [0.2, 0.25) is 0 Å². The van der Waals surface area contributed by atoms with E-state index in [2.05, 4.69) is 23.5 Å². The van der Waals surface area contributed by atoms with E-state index in [-0.39, 0.29) is 17.8 Å². The number of carbonyl (C=O) groups excluding carboxylic acids is 1. The van der Waals surface area contributed by atoms with E-state index in [0.29, 0.717) is 17.9 Å². The molecule has 1 saturated heterocycles. The maximum atomic E-state index is 12.1. The zero-order valence-corrected chi connectivity index (χ0v) is 16.0. The third-order valence-corrected chi connectivity index (χ3v) is 6.60. The first-order valence-corrected chi connectivity index (χ1v) is 10.3. The van der Waals surface area contributed by atoms with E-state index in [1.165, 1.54) is 43.9 Å². The summed E-state index contributed by atoms with van der Waals surface area (Å²) in [4.78, 5) is 12.1. The minimum absolute atomic E-state index is 0.102. The van der Waals surface area contributed by atoms with E-state index in [0.717, 1.165) is 31.7 Å². The zero-order chi connectivity index (χ0) is 18.1. The summed E-state index contributed by atoms with van der Waals surface area (Å²) in [6.07, 6.45) is 7.42. The molecular weight excluding hydrogens is 326 g/mol. The van der Waals surface area contributed by atoms with Crippen molar-refractivity contribution in [2.45, 2.75) is 57.5 Å². The van der Waals surface area contributed by atoms with Crippen molar-refractivity contribution in [3.8, 4) is 5.75 Å². The van der Waals surface area contributed by atoms with E-state index in [9.17, 15) is 4.79 Å². The van der Waals surface area contributed by atoms with E-state index >= 15 is 0 Å². The van der Waals surface area contributed by atoms with Crippen LogP contribution >= 0.6 is 0 Å². The van der Waals surface area contributed by atoms with Crippen molar-refractivity contribution in [3.63, 3.8) is 0 Å². The Morgan fingerprint density at radius 2 is 1.96 bits per heavy atom. The van der Waals surface area contributed by atoms with Gasteiger partial charge in [-0.3, -0.25) is 4.79 Å². The summed E-state index contributed by atoms with van der Waals surface area (Å²) in [5.41, 5.74) is 2.56. The fraction of sp³-hybridized carbons (Fsp3) is 0.682. The lowest BCUT2D eigenvalue weighted by Crippen LogP contribution is -2.38. The summed E-state index contributed by atoms with van der Waals surface area (Å²) in [6.45, 7) is 4.22. The van der Waals surface area contributed by atoms with Crippen LogP contribution in [-0.2, 0) is 16.0 Å². The number of fused-ring (bicyclic) bond motifs is 1. The van der Waals surface area contributed by atoms with Gasteiger partial charge in [0.2, 0.25) is 0 Å². The molecule has 1 aromatic rings. The average molecular weight is 357 g/mol. The third-order valence-electron chi connectivity index (χ3n) is 6.60. The van der Waals surface area contributed by atoms with Crippen molar-refractivity contribution in [2.24, 2.45) is 17.8 Å². The van der Waals surface area contributed by atoms with Crippen molar-refractivity contribution < 1.29 is 14.3 Å². The molecule has 0 radical (unpaired) electrons. The van der Waals surface area contributed by atoms with Crippen molar-refractivity contribution in [2.75, 3.05) is 20.2 Å². The Hall–Kier alpha value is -1.55. The van der Waals surface area contributed by atoms with Crippen LogP contribution in [0.4, 0.5) is 0 Å². The topological polar surface area (TPSA) is 47.6 Å². The number of rotatable bonds is 5. The summed E-state index contributed by atoms with van der Waals surface area (Å²) in [6, 6.07) is 6.67. The quantitative estimate of drug-likeness (QED) is 0.817. The molecule has 4 rings (SSSR count). The van der Waals surface area contributed by atoms with E-state index in [1.54, 1.807) is 0 Å². The normalized spacial score (nSPS) is 25.7. The molecule has 4 nitrogen and oxygen atoms in total. The highest BCUT2D eigenvalue weighted by atomic mass is 16.5. The SMILES string of the molecule is COC(=O)[C@@H](C)[C@H](c1ccc2c(c1)OC(C1CCNCC1)CC2)C1CC1. The van der Waals surface area contributed by atoms with Gasteiger partial charge in [-0.1, -0.05) is 19.1 Å². The Bertz CT molecular complexity index is 649. The molecule has 3 atom stereocenters. The van der Waals surface area contributed by atoms with Crippen LogP contribution in [0.1, 0.15) is 56.1 Å². The summed E-state index contributed by atoms with van der Waals surface area (Å²) in [5, 5.41) is 3.45. The van der Waals surface area contributed by atoms with Crippen LogP contribution < -0.4 is 10.1 Å². The van der Waals surface area contributed by atoms with Crippen LogP contribution in [0.5, 0.6) is 5.75 Å². The lowest BCUT2D eigenvalue weighted by Gasteiger charge is -2.35. The second kappa shape index (κ2) is 7.59. The molecule has 1 aliphatic carbocycles. The number of esters is 1. The Morgan fingerprint density at radius 3 is 2.65 bits per heavy atom. The predicted molar refractivity (Wildman–Crippen MR) is 101 cm³/mol. The standard InChI is InChI=1S/C22H31NO3/c1-14(22(24)25-2)21(17-4-5-17)18-6-3-15-7-8-19(26-20(15)13-18)16-9-11-23-12-10-16/h3,6,13-14,16-17,19,21,23H,4-5,7-12H2,1-2H3/t14-,19?,21-/m0/s1. The molecule has 1 N–H and O–H groups in total. The molecule has 1 saturated carbocycles. The maximum Gasteiger partial charge on any atom is 0.309 e. The minimum Gasteiger partial charge on any atom is -0.490 e. The molecule has 0 spiro atoms. The molecule has 142 valence electrons. The average Bonchev–Trinajstić information content (AvgIpc) is 3.52. The van der Waals surface area contributed by atoms with Gasteiger partial charge in [-0.25, -0.2) is 0 Å². The monoisotopic (exact) mass is 357 g/mol. The van der Waals surface area contributed by atoms with Gasteiger partial charge in [0.1, 0.15) is 11.9 Å². The van der Waals surface area contributed by atoms with Gasteiger partial charge >= 0.3 is 5.97 Å². The Balaban J connectivity index is 1.55. The largest absolute Gasteiger partial charge is 0.490 e. The highest BCUT2D eigenvalue weighted by Gasteiger charge is 2.39. The summed E-state index contributed by atoms with van der Waals surface area (Å²) >= 11 is 0. The molecule has 0 amide bonds. The van der Waals surface area contributed by atoms with Crippen LogP contribution in [0.25, 0.3) is 0 Å². The highest BCUT2D eigenvalue weighted by Crippen LogP contribution is 2.48. The number of hydrogen-bond acceptors (Lipinski definition) is 4. The Labute approximate surface area is 156 Å². The predicted octanol–water partition coefficient (Wildman–Crippen LogP) is 3.68. The number of methoxy groups -OCH3 is 1. The maximum absolute atomic E-state index is 12.1. The van der Waals surface area contributed by atoms with Crippen LogP contribution in [-0.4, -0.2) is 32.3 Å². The fourth-order valence-electron chi connectivity index (χ4n) is 4.92. The third kappa shape index (κ3) is 3.62. The van der Waals surface area contributed by atoms with Crippen molar-refractivity contribution >= 4 is 5.97 Å². The van der Waals surface area contributed by atoms with E-state index in [4.69, 9.17) is 9.47 Å². The number of hydrogen-bond donors (Lipinski definition) is 1. The number of carbonyl (C=O) groups is 1. The lowest BCUT2D eigenvalue weighted by molar-refractivity contribution is -0.145. The van der Waals surface area contributed by atoms with Gasteiger partial charge in [0.25, 0.3) is 0 Å². The second-order valence-corrected chi connectivity index (χ2v) is 8.32. The number of nitrogens with one attached hydrogen (secondary N) is 1. The van der Waals surface area contributed by atoms with Gasteiger partial charge in [-0.05, 0) is 86.6 Å². The summed E-state index contributed by atoms with van der Waals surface area (Å²) < 4.78 is 11.5. The first kappa shape index (κ1) is 17.8. The number of piperidine rings is 1. The highest BCUT2D eigenvalue weighted by molar-refractivity contribution is 5.73. The molecule has 0 aromatic heterocycles. The molecular formula is C22H31NO3. The zero-order valence-electron chi connectivity index (χ0n) is 16.0. The molecule has 4 heteroatoms. The number of ether oxygens (including phenoxy) is 2. The molecule has 2 heterocycles. The molecule has 2 aliphatic heterocycles. The molecule has 1 unspecified atom stereocenters. The van der Waals surface area contributed by atoms with Crippen LogP contribution in [0.3, 0.4) is 0 Å². The summed E-state index contributed by atoms with van der Waals surface area (Å²) in [5.74, 6) is 2.37. The minimum atomic E-state index is -0.104. The van der Waals surface area contributed by atoms with Gasteiger partial charge in [-0.15, -0.1) is 0 Å². The van der Waals surface area contributed by atoms with Gasteiger partial charge < -0.3 is 14.8 Å². The molecule has 1 aromatic carbocycles.